The van der Waals surface area contributed by atoms with Gasteiger partial charge in [0.25, 0.3) is 0 Å². The molecule has 2 N–H and O–H groups in total. The Morgan fingerprint density at radius 1 is 1.06 bits per heavy atom. The summed E-state index contributed by atoms with van der Waals surface area (Å²) in [6.07, 6.45) is 6.20. The van der Waals surface area contributed by atoms with Crippen molar-refractivity contribution >= 4 is 5.69 Å². The van der Waals surface area contributed by atoms with Gasteiger partial charge in [-0.3, -0.25) is 4.68 Å². The van der Waals surface area contributed by atoms with Crippen molar-refractivity contribution in [1.82, 2.24) is 20.1 Å². The fourth-order valence-corrected chi connectivity index (χ4v) is 3.51. The van der Waals surface area contributed by atoms with E-state index in [9.17, 15) is 4.39 Å². The zero-order chi connectivity index (χ0) is 22.9. The summed E-state index contributed by atoms with van der Waals surface area (Å²) in [5.74, 6) is 0.451. The van der Waals surface area contributed by atoms with Crippen LogP contribution >= 0.6 is 0 Å². The van der Waals surface area contributed by atoms with E-state index < -0.39 is 0 Å². The Morgan fingerprint density at radius 2 is 1.82 bits per heavy atom. The fraction of sp³-hybridized carbons (Fsp3) is 0.231. The number of halogens is 1. The Morgan fingerprint density at radius 3 is 2.52 bits per heavy atom. The normalized spacial score (nSPS) is 14.3. The van der Waals surface area contributed by atoms with Gasteiger partial charge in [0.2, 0.25) is 5.88 Å². The summed E-state index contributed by atoms with van der Waals surface area (Å²) in [7, 11) is 1.89. The summed E-state index contributed by atoms with van der Waals surface area (Å²) in [4.78, 5) is 4.44. The van der Waals surface area contributed by atoms with Gasteiger partial charge in [-0.25, -0.2) is 9.37 Å². The van der Waals surface area contributed by atoms with Gasteiger partial charge < -0.3 is 15.4 Å². The van der Waals surface area contributed by atoms with Gasteiger partial charge in [-0.15, -0.1) is 0 Å². The molecule has 3 heterocycles. The molecule has 7 heteroatoms. The van der Waals surface area contributed by atoms with Crippen LogP contribution in [0.4, 0.5) is 10.1 Å². The summed E-state index contributed by atoms with van der Waals surface area (Å²) in [5.41, 5.74) is 3.63. The highest BCUT2D eigenvalue weighted by atomic mass is 19.1. The van der Waals surface area contributed by atoms with Gasteiger partial charge in [0.1, 0.15) is 11.9 Å². The molecule has 2 aromatic carbocycles. The van der Waals surface area contributed by atoms with Crippen LogP contribution in [0.2, 0.25) is 0 Å². The van der Waals surface area contributed by atoms with Crippen molar-refractivity contribution in [2.24, 2.45) is 7.05 Å². The maximum Gasteiger partial charge on any atom is 0.237 e. The van der Waals surface area contributed by atoms with E-state index in [4.69, 9.17) is 4.74 Å². The molecule has 0 aliphatic carbocycles. The summed E-state index contributed by atoms with van der Waals surface area (Å²) in [5, 5.41) is 10.9. The number of ether oxygens (including phenoxy) is 1. The Kier molecular flexibility index (Phi) is 7.66. The van der Waals surface area contributed by atoms with Crippen LogP contribution in [0.25, 0.3) is 11.1 Å². The van der Waals surface area contributed by atoms with E-state index in [1.807, 2.05) is 74.0 Å². The minimum absolute atomic E-state index is 0.0186. The number of aryl methyl sites for hydroxylation is 1. The number of fused-ring (bicyclic) bond motifs is 1. The van der Waals surface area contributed by atoms with Crippen LogP contribution in [-0.4, -0.2) is 40.5 Å². The molecule has 5 rings (SSSR count). The van der Waals surface area contributed by atoms with Gasteiger partial charge in [-0.2, -0.15) is 5.10 Å². The number of hydrogen-bond acceptors (Lipinski definition) is 5. The third-order valence-electron chi connectivity index (χ3n) is 5.26. The van der Waals surface area contributed by atoms with Gasteiger partial charge >= 0.3 is 0 Å². The molecule has 0 fully saturated rings. The molecule has 0 saturated carbocycles. The molecule has 1 aliphatic heterocycles. The van der Waals surface area contributed by atoms with Crippen LogP contribution in [0.5, 0.6) is 5.88 Å². The first-order chi connectivity index (χ1) is 16.2. The first-order valence-electron chi connectivity index (χ1n) is 11.0. The number of pyridine rings is 1. The van der Waals surface area contributed by atoms with Crippen molar-refractivity contribution in [2.45, 2.75) is 12.5 Å². The lowest BCUT2D eigenvalue weighted by Crippen LogP contribution is -2.40. The Hall–Kier alpha value is -3.71. The molecule has 6 nitrogen and oxygen atoms in total. The number of rotatable bonds is 6. The Balaban J connectivity index is 0.000000376. The van der Waals surface area contributed by atoms with Crippen molar-refractivity contribution in [2.75, 3.05) is 25.0 Å². The molecule has 2 aromatic heterocycles. The summed E-state index contributed by atoms with van der Waals surface area (Å²) in [6.45, 7) is 2.06. The van der Waals surface area contributed by atoms with E-state index in [1.165, 1.54) is 6.07 Å². The van der Waals surface area contributed by atoms with Gasteiger partial charge in [0, 0.05) is 37.1 Å². The highest BCUT2D eigenvalue weighted by Crippen LogP contribution is 2.30. The fourth-order valence-electron chi connectivity index (χ4n) is 3.51. The minimum Gasteiger partial charge on any atom is -0.470 e. The van der Waals surface area contributed by atoms with E-state index in [2.05, 4.69) is 20.7 Å². The maximum absolute atomic E-state index is 13.6. The summed E-state index contributed by atoms with van der Waals surface area (Å²) in [6, 6.07) is 20.9. The molecule has 0 spiro atoms. The number of nitrogens with one attached hydrogen (secondary N) is 2. The molecule has 1 unspecified atom stereocenters. The molecule has 1 aliphatic rings. The summed E-state index contributed by atoms with van der Waals surface area (Å²) < 4.78 is 21.4. The van der Waals surface area contributed by atoms with Crippen LogP contribution in [-0.2, 0) is 13.5 Å². The van der Waals surface area contributed by atoms with E-state index in [-0.39, 0.29) is 11.9 Å². The second-order valence-corrected chi connectivity index (χ2v) is 7.80. The van der Waals surface area contributed by atoms with E-state index in [0.29, 0.717) is 31.9 Å². The largest absolute Gasteiger partial charge is 0.470 e. The quantitative estimate of drug-likeness (QED) is 0.433. The standard InChI is InChI=1S/C20H22FN5O.C6H6/c1-26-13-16(10-25-26)15-8-19-20(24-9-15)27-17(12-23-19)11-22-7-6-14-4-2-3-5-18(14)21;1-2-4-6-5-3-1/h2-5,8-10,13,17,22-23H,6-7,11-12H2,1H3;1-6H. The van der Waals surface area contributed by atoms with Crippen molar-refractivity contribution < 1.29 is 9.13 Å². The molecule has 0 bridgehead atoms. The highest BCUT2D eigenvalue weighted by Gasteiger charge is 2.21. The Labute approximate surface area is 193 Å². The lowest BCUT2D eigenvalue weighted by molar-refractivity contribution is 0.194. The van der Waals surface area contributed by atoms with Crippen LogP contribution < -0.4 is 15.4 Å². The van der Waals surface area contributed by atoms with Gasteiger partial charge in [-0.1, -0.05) is 54.6 Å². The van der Waals surface area contributed by atoms with Gasteiger partial charge in [-0.05, 0) is 30.7 Å². The van der Waals surface area contributed by atoms with Crippen molar-refractivity contribution in [1.29, 1.82) is 0 Å². The number of anilines is 1. The topological polar surface area (TPSA) is 64.0 Å². The maximum atomic E-state index is 13.6. The molecular formula is C26H28FN5O. The monoisotopic (exact) mass is 445 g/mol. The highest BCUT2D eigenvalue weighted by molar-refractivity contribution is 5.69. The third kappa shape index (κ3) is 6.40. The molecule has 1 atom stereocenters. The summed E-state index contributed by atoms with van der Waals surface area (Å²) >= 11 is 0. The van der Waals surface area contributed by atoms with Crippen molar-refractivity contribution in [3.8, 4) is 17.0 Å². The SMILES string of the molecule is Cn1cc(-c2cnc3c(c2)NCC(CNCCc2ccccc2F)O3)cn1.c1ccccc1. The Bertz CT molecular complexity index is 1120. The molecule has 0 amide bonds. The second-order valence-electron chi connectivity index (χ2n) is 7.80. The predicted octanol–water partition coefficient (Wildman–Crippen LogP) is 4.31. The van der Waals surface area contributed by atoms with Crippen LogP contribution in [0.3, 0.4) is 0 Å². The molecule has 0 saturated heterocycles. The van der Waals surface area contributed by atoms with E-state index in [0.717, 1.165) is 22.4 Å². The number of nitrogens with zero attached hydrogens (tertiary/aromatic N) is 3. The molecular weight excluding hydrogens is 417 g/mol. The molecule has 170 valence electrons. The number of benzene rings is 2. The third-order valence-corrected chi connectivity index (χ3v) is 5.26. The zero-order valence-corrected chi connectivity index (χ0v) is 18.6. The van der Waals surface area contributed by atoms with Crippen LogP contribution in [0, 0.1) is 5.82 Å². The number of aromatic nitrogens is 3. The van der Waals surface area contributed by atoms with Crippen LogP contribution in [0.1, 0.15) is 5.56 Å². The lowest BCUT2D eigenvalue weighted by Gasteiger charge is -2.27. The van der Waals surface area contributed by atoms with E-state index in [1.54, 1.807) is 16.9 Å². The van der Waals surface area contributed by atoms with Crippen molar-refractivity contribution in [3.05, 3.63) is 96.7 Å². The average molecular weight is 446 g/mol. The van der Waals surface area contributed by atoms with Crippen molar-refractivity contribution in [3.63, 3.8) is 0 Å². The molecule has 0 radical (unpaired) electrons. The van der Waals surface area contributed by atoms with Crippen LogP contribution in [0.15, 0.2) is 85.3 Å². The lowest BCUT2D eigenvalue weighted by atomic mass is 10.1. The first-order valence-corrected chi connectivity index (χ1v) is 11.0. The molecule has 33 heavy (non-hydrogen) atoms. The second kappa shape index (κ2) is 11.2. The number of hydrogen-bond donors (Lipinski definition) is 2. The zero-order valence-electron chi connectivity index (χ0n) is 18.6. The van der Waals surface area contributed by atoms with Gasteiger partial charge in [0.15, 0.2) is 0 Å². The smallest absolute Gasteiger partial charge is 0.237 e. The van der Waals surface area contributed by atoms with Gasteiger partial charge in [0.05, 0.1) is 18.4 Å². The predicted molar refractivity (Wildman–Crippen MR) is 129 cm³/mol. The first kappa shape index (κ1) is 22.5. The minimum atomic E-state index is -0.155. The molecule has 4 aromatic rings. The average Bonchev–Trinajstić information content (AvgIpc) is 3.30. The van der Waals surface area contributed by atoms with E-state index >= 15 is 0 Å².